The zero-order chi connectivity index (χ0) is 14.6. The Hall–Kier alpha value is -0.0900. The fourth-order valence-electron chi connectivity index (χ4n) is 2.38. The summed E-state index contributed by atoms with van der Waals surface area (Å²) in [4.78, 5) is 0. The largest absolute Gasteiger partial charge is 0.748 e. The van der Waals surface area contributed by atoms with Crippen LogP contribution in [-0.4, -0.2) is 18.2 Å². The molecule has 0 aromatic carbocycles. The summed E-state index contributed by atoms with van der Waals surface area (Å²) in [7, 11) is -4.10. The second kappa shape index (κ2) is 11.7. The maximum atomic E-state index is 11.2. The van der Waals surface area contributed by atoms with Crippen LogP contribution in [0.3, 0.4) is 0 Å². The zero-order valence-corrected chi connectivity index (χ0v) is 13.5. The van der Waals surface area contributed by atoms with Gasteiger partial charge in [0.25, 0.3) is 0 Å². The van der Waals surface area contributed by atoms with Gasteiger partial charge in [0.05, 0.1) is 10.1 Å². The highest BCUT2D eigenvalue weighted by Crippen LogP contribution is 2.18. The number of hydrogen-bond donors (Lipinski definition) is 0. The summed E-state index contributed by atoms with van der Waals surface area (Å²) in [6, 6.07) is 0. The lowest BCUT2D eigenvalue weighted by Crippen LogP contribution is -2.20. The molecule has 0 bridgehead atoms. The first-order valence-corrected chi connectivity index (χ1v) is 9.44. The molecule has 0 saturated heterocycles. The van der Waals surface area contributed by atoms with Crippen molar-refractivity contribution in [1.29, 1.82) is 0 Å². The third-order valence-electron chi connectivity index (χ3n) is 3.67. The van der Waals surface area contributed by atoms with Gasteiger partial charge in [-0.1, -0.05) is 78.1 Å². The quantitative estimate of drug-likeness (QED) is 0.367. The van der Waals surface area contributed by atoms with E-state index in [0.717, 1.165) is 44.9 Å². The van der Waals surface area contributed by atoms with Crippen LogP contribution in [0.1, 0.15) is 90.9 Å². The summed E-state index contributed by atoms with van der Waals surface area (Å²) in [5.41, 5.74) is 0. The van der Waals surface area contributed by atoms with E-state index in [0.29, 0.717) is 12.8 Å². The Bertz CT molecular complexity index is 286. The van der Waals surface area contributed by atoms with Crippen molar-refractivity contribution in [3.05, 3.63) is 0 Å². The molecular weight excluding hydrogens is 260 g/mol. The third kappa shape index (κ3) is 11.4. The third-order valence-corrected chi connectivity index (χ3v) is 4.96. The van der Waals surface area contributed by atoms with Gasteiger partial charge in [-0.15, -0.1) is 0 Å². The highest BCUT2D eigenvalue weighted by atomic mass is 32.2. The van der Waals surface area contributed by atoms with E-state index in [2.05, 4.69) is 13.8 Å². The van der Waals surface area contributed by atoms with Crippen LogP contribution in [0.25, 0.3) is 0 Å². The summed E-state index contributed by atoms with van der Waals surface area (Å²) in [6.45, 7) is 4.30. The van der Waals surface area contributed by atoms with E-state index in [1.165, 1.54) is 19.3 Å². The fourth-order valence-corrected chi connectivity index (χ4v) is 3.29. The molecule has 0 radical (unpaired) electrons. The average Bonchev–Trinajstić information content (AvgIpc) is 2.34. The second-order valence-electron chi connectivity index (χ2n) is 5.52. The molecule has 1 atom stereocenters. The fraction of sp³-hybridized carbons (Fsp3) is 1.00. The summed E-state index contributed by atoms with van der Waals surface area (Å²) in [5, 5.41) is -0.643. The van der Waals surface area contributed by atoms with Crippen LogP contribution >= 0.6 is 0 Å². The minimum atomic E-state index is -4.10. The summed E-state index contributed by atoms with van der Waals surface area (Å²) < 4.78 is 33.6. The minimum absolute atomic E-state index is 0.556. The van der Waals surface area contributed by atoms with Gasteiger partial charge >= 0.3 is 0 Å². The summed E-state index contributed by atoms with van der Waals surface area (Å²) in [6.07, 6.45) is 12.1. The number of hydrogen-bond acceptors (Lipinski definition) is 3. The minimum Gasteiger partial charge on any atom is -0.748 e. The molecule has 0 aliphatic rings. The van der Waals surface area contributed by atoms with E-state index in [9.17, 15) is 13.0 Å². The van der Waals surface area contributed by atoms with Crippen molar-refractivity contribution in [2.45, 2.75) is 96.1 Å². The molecular formula is C15H31O3S-. The highest BCUT2D eigenvalue weighted by molar-refractivity contribution is 7.86. The summed E-state index contributed by atoms with van der Waals surface area (Å²) >= 11 is 0. The molecule has 3 nitrogen and oxygen atoms in total. The van der Waals surface area contributed by atoms with Crippen molar-refractivity contribution >= 4 is 10.1 Å². The van der Waals surface area contributed by atoms with Crippen molar-refractivity contribution in [3.8, 4) is 0 Å². The summed E-state index contributed by atoms with van der Waals surface area (Å²) in [5.74, 6) is 0. The van der Waals surface area contributed by atoms with E-state index >= 15 is 0 Å². The predicted molar refractivity (Wildman–Crippen MR) is 80.2 cm³/mol. The standard InChI is InChI=1S/C15H32O3S/c1-3-5-7-9-10-12-14-15(19(16,17)18)13-11-8-6-4-2/h15H,3-14H2,1-2H3,(H,16,17,18)/p-1. The van der Waals surface area contributed by atoms with Gasteiger partial charge in [0, 0.05) is 5.25 Å². The monoisotopic (exact) mass is 291 g/mol. The van der Waals surface area contributed by atoms with Crippen LogP contribution in [-0.2, 0) is 10.1 Å². The molecule has 0 amide bonds. The first-order chi connectivity index (χ1) is 9.02. The van der Waals surface area contributed by atoms with Gasteiger partial charge in [-0.3, -0.25) is 0 Å². The van der Waals surface area contributed by atoms with Gasteiger partial charge in [0.15, 0.2) is 0 Å². The van der Waals surface area contributed by atoms with Gasteiger partial charge in [0.2, 0.25) is 0 Å². The van der Waals surface area contributed by atoms with Crippen LogP contribution < -0.4 is 0 Å². The normalized spacial score (nSPS) is 13.6. The molecule has 0 N–H and O–H groups in total. The van der Waals surface area contributed by atoms with Crippen molar-refractivity contribution in [2.75, 3.05) is 0 Å². The first kappa shape index (κ1) is 18.9. The molecule has 0 heterocycles. The Morgan fingerprint density at radius 3 is 1.53 bits per heavy atom. The van der Waals surface area contributed by atoms with E-state index in [1.807, 2.05) is 0 Å². The molecule has 0 aliphatic heterocycles. The molecule has 0 spiro atoms. The SMILES string of the molecule is CCCCCCCCC(CCCCCC)S(=O)(=O)[O-]. The van der Waals surface area contributed by atoms with E-state index in [-0.39, 0.29) is 0 Å². The van der Waals surface area contributed by atoms with Crippen LogP contribution in [0, 0.1) is 0 Å². The molecule has 0 rings (SSSR count). The lowest BCUT2D eigenvalue weighted by Gasteiger charge is -2.20. The van der Waals surface area contributed by atoms with Crippen molar-refractivity contribution in [1.82, 2.24) is 0 Å². The first-order valence-electron chi connectivity index (χ1n) is 7.97. The molecule has 4 heteroatoms. The smallest absolute Gasteiger partial charge is 0.0975 e. The molecule has 0 saturated carbocycles. The molecule has 0 aliphatic carbocycles. The number of unbranched alkanes of at least 4 members (excludes halogenated alkanes) is 8. The van der Waals surface area contributed by atoms with Crippen molar-refractivity contribution in [3.63, 3.8) is 0 Å². The van der Waals surface area contributed by atoms with Gasteiger partial charge in [-0.25, -0.2) is 8.42 Å². The van der Waals surface area contributed by atoms with E-state index < -0.39 is 15.4 Å². The zero-order valence-electron chi connectivity index (χ0n) is 12.7. The topological polar surface area (TPSA) is 57.2 Å². The van der Waals surface area contributed by atoms with E-state index in [4.69, 9.17) is 0 Å². The second-order valence-corrected chi connectivity index (χ2v) is 7.17. The molecule has 116 valence electrons. The molecule has 0 aromatic rings. The highest BCUT2D eigenvalue weighted by Gasteiger charge is 2.15. The lowest BCUT2D eigenvalue weighted by atomic mass is 10.0. The van der Waals surface area contributed by atoms with Crippen LogP contribution in [0.2, 0.25) is 0 Å². The Kier molecular flexibility index (Phi) is 11.7. The van der Waals surface area contributed by atoms with Crippen LogP contribution in [0.5, 0.6) is 0 Å². The molecule has 0 fully saturated rings. The van der Waals surface area contributed by atoms with Gasteiger partial charge in [-0.05, 0) is 12.8 Å². The van der Waals surface area contributed by atoms with Crippen molar-refractivity contribution < 1.29 is 13.0 Å². The Morgan fingerprint density at radius 2 is 1.11 bits per heavy atom. The van der Waals surface area contributed by atoms with Gasteiger partial charge in [0.1, 0.15) is 0 Å². The molecule has 1 unspecified atom stereocenters. The Labute approximate surface area is 119 Å². The predicted octanol–water partition coefficient (Wildman–Crippen LogP) is 4.62. The lowest BCUT2D eigenvalue weighted by molar-refractivity contribution is 0.428. The number of rotatable bonds is 13. The Morgan fingerprint density at radius 1 is 0.737 bits per heavy atom. The van der Waals surface area contributed by atoms with Crippen molar-refractivity contribution in [2.24, 2.45) is 0 Å². The van der Waals surface area contributed by atoms with Crippen LogP contribution in [0.4, 0.5) is 0 Å². The Balaban J connectivity index is 3.82. The maximum Gasteiger partial charge on any atom is 0.0975 e. The van der Waals surface area contributed by atoms with Gasteiger partial charge < -0.3 is 4.55 Å². The molecule has 0 aromatic heterocycles. The molecule has 19 heavy (non-hydrogen) atoms. The maximum absolute atomic E-state index is 11.2. The van der Waals surface area contributed by atoms with E-state index in [1.54, 1.807) is 0 Å². The van der Waals surface area contributed by atoms with Gasteiger partial charge in [-0.2, -0.15) is 0 Å². The average molecular weight is 291 g/mol. The van der Waals surface area contributed by atoms with Crippen LogP contribution in [0.15, 0.2) is 0 Å².